The van der Waals surface area contributed by atoms with Gasteiger partial charge in [0.05, 0.1) is 5.69 Å². The normalized spacial score (nSPS) is 15.1. The Bertz CT molecular complexity index is 283. The van der Waals surface area contributed by atoms with Crippen LogP contribution in [0.2, 0.25) is 0 Å². The maximum atomic E-state index is 5.96. The molecule has 14 heavy (non-hydrogen) atoms. The quantitative estimate of drug-likeness (QED) is 0.817. The topological polar surface area (TPSA) is 48.1 Å². The first-order chi connectivity index (χ1) is 6.57. The lowest BCUT2D eigenvalue weighted by atomic mass is 10.0. The number of nitrogens with two attached hydrogens (primary N) is 1. The molecule has 1 unspecified atom stereocenters. The van der Waals surface area contributed by atoms with E-state index in [1.54, 1.807) is 0 Å². The molecule has 1 aromatic rings. The second-order valence-corrected chi connectivity index (χ2v) is 4.58. The van der Waals surface area contributed by atoms with Crippen molar-refractivity contribution in [1.29, 1.82) is 0 Å². The minimum absolute atomic E-state index is 0.252. The van der Waals surface area contributed by atoms with Gasteiger partial charge in [-0.1, -0.05) is 25.2 Å². The fourth-order valence-corrected chi connectivity index (χ4v) is 1.60. The molecule has 1 heterocycles. The largest absolute Gasteiger partial charge is 0.468 e. The lowest BCUT2D eigenvalue weighted by Crippen LogP contribution is -2.41. The Kier molecular flexibility index (Phi) is 3.89. The van der Waals surface area contributed by atoms with Gasteiger partial charge in [-0.2, -0.15) is 0 Å². The van der Waals surface area contributed by atoms with E-state index in [2.05, 4.69) is 18.8 Å². The first-order valence-corrected chi connectivity index (χ1v) is 5.81. The van der Waals surface area contributed by atoms with Crippen LogP contribution in [0.15, 0.2) is 5.38 Å². The number of aryl methyl sites for hydroxylation is 1. The van der Waals surface area contributed by atoms with E-state index in [4.69, 9.17) is 10.5 Å². The summed E-state index contributed by atoms with van der Waals surface area (Å²) in [6, 6.07) is 0. The van der Waals surface area contributed by atoms with Crippen LogP contribution in [0.25, 0.3) is 0 Å². The van der Waals surface area contributed by atoms with Crippen LogP contribution in [0, 0.1) is 0 Å². The summed E-state index contributed by atoms with van der Waals surface area (Å²) in [7, 11) is 0. The van der Waals surface area contributed by atoms with Crippen molar-refractivity contribution in [2.75, 3.05) is 6.61 Å². The number of aromatic nitrogens is 1. The number of thiazole rings is 1. The van der Waals surface area contributed by atoms with Crippen LogP contribution in [0.1, 0.15) is 32.9 Å². The summed E-state index contributed by atoms with van der Waals surface area (Å²) in [5.41, 5.74) is 6.79. The third kappa shape index (κ3) is 3.27. The second kappa shape index (κ2) is 4.75. The molecule has 0 aliphatic rings. The second-order valence-electron chi connectivity index (χ2n) is 3.75. The average molecular weight is 214 g/mol. The monoisotopic (exact) mass is 214 g/mol. The molecule has 4 heteroatoms. The van der Waals surface area contributed by atoms with Crippen molar-refractivity contribution < 1.29 is 4.74 Å². The summed E-state index contributed by atoms with van der Waals surface area (Å²) in [5, 5.41) is 2.75. The van der Waals surface area contributed by atoms with Gasteiger partial charge in [0.25, 0.3) is 5.19 Å². The predicted molar refractivity (Wildman–Crippen MR) is 59.9 cm³/mol. The smallest absolute Gasteiger partial charge is 0.273 e. The number of nitrogens with zero attached hydrogens (tertiary/aromatic N) is 1. The Hall–Kier alpha value is -0.610. The number of rotatable bonds is 5. The Labute approximate surface area is 89.3 Å². The van der Waals surface area contributed by atoms with Gasteiger partial charge in [-0.15, -0.1) is 0 Å². The first-order valence-electron chi connectivity index (χ1n) is 4.93. The highest BCUT2D eigenvalue weighted by atomic mass is 32.1. The molecular weight excluding hydrogens is 196 g/mol. The molecule has 1 atom stereocenters. The Morgan fingerprint density at radius 1 is 1.57 bits per heavy atom. The highest BCUT2D eigenvalue weighted by molar-refractivity contribution is 7.11. The van der Waals surface area contributed by atoms with Crippen molar-refractivity contribution in [3.8, 4) is 5.19 Å². The molecule has 0 radical (unpaired) electrons. The van der Waals surface area contributed by atoms with E-state index >= 15 is 0 Å². The van der Waals surface area contributed by atoms with Crippen molar-refractivity contribution >= 4 is 11.3 Å². The molecule has 1 rings (SSSR count). The molecule has 3 nitrogen and oxygen atoms in total. The molecule has 0 saturated heterocycles. The third-order valence-electron chi connectivity index (χ3n) is 2.23. The van der Waals surface area contributed by atoms with E-state index in [1.807, 2.05) is 12.3 Å². The predicted octanol–water partition coefficient (Wildman–Crippen LogP) is 2.21. The van der Waals surface area contributed by atoms with Crippen molar-refractivity contribution in [2.45, 2.75) is 39.2 Å². The van der Waals surface area contributed by atoms with Gasteiger partial charge in [0, 0.05) is 10.9 Å². The van der Waals surface area contributed by atoms with Crippen LogP contribution >= 0.6 is 11.3 Å². The van der Waals surface area contributed by atoms with Crippen molar-refractivity contribution in [3.05, 3.63) is 11.1 Å². The molecule has 0 fully saturated rings. The van der Waals surface area contributed by atoms with Gasteiger partial charge in [-0.25, -0.2) is 4.98 Å². The summed E-state index contributed by atoms with van der Waals surface area (Å²) < 4.78 is 5.53. The average Bonchev–Trinajstić information content (AvgIpc) is 2.63. The van der Waals surface area contributed by atoms with E-state index in [-0.39, 0.29) is 5.54 Å². The van der Waals surface area contributed by atoms with Crippen molar-refractivity contribution in [2.24, 2.45) is 5.73 Å². The molecule has 0 aliphatic carbocycles. The minimum Gasteiger partial charge on any atom is -0.468 e. The molecular formula is C10H18N2OS. The summed E-state index contributed by atoms with van der Waals surface area (Å²) in [6.07, 6.45) is 1.85. The van der Waals surface area contributed by atoms with Crippen LogP contribution in [0.3, 0.4) is 0 Å². The molecule has 1 aromatic heterocycles. The zero-order valence-electron chi connectivity index (χ0n) is 9.04. The van der Waals surface area contributed by atoms with Gasteiger partial charge in [0.2, 0.25) is 0 Å². The fourth-order valence-electron chi connectivity index (χ4n) is 0.846. The van der Waals surface area contributed by atoms with E-state index in [0.717, 1.165) is 23.7 Å². The number of hydrogen-bond donors (Lipinski definition) is 1. The molecule has 0 amide bonds. The molecule has 0 saturated carbocycles. The highest BCUT2D eigenvalue weighted by Crippen LogP contribution is 2.19. The van der Waals surface area contributed by atoms with E-state index in [1.165, 1.54) is 11.3 Å². The maximum absolute atomic E-state index is 5.96. The van der Waals surface area contributed by atoms with Gasteiger partial charge in [-0.05, 0) is 19.8 Å². The Morgan fingerprint density at radius 2 is 2.29 bits per heavy atom. The lowest BCUT2D eigenvalue weighted by molar-refractivity contribution is 0.225. The molecule has 0 bridgehead atoms. The fraction of sp³-hybridized carbons (Fsp3) is 0.700. The van der Waals surface area contributed by atoms with Gasteiger partial charge in [0.15, 0.2) is 0 Å². The van der Waals surface area contributed by atoms with Crippen LogP contribution < -0.4 is 10.5 Å². The SMILES string of the molecule is CCc1csc(OCC(C)(N)CC)n1. The summed E-state index contributed by atoms with van der Waals surface area (Å²) in [5.74, 6) is 0. The molecule has 80 valence electrons. The summed E-state index contributed by atoms with van der Waals surface area (Å²) in [4.78, 5) is 4.31. The number of hydrogen-bond acceptors (Lipinski definition) is 4. The molecule has 0 spiro atoms. The number of ether oxygens (including phenoxy) is 1. The Balaban J connectivity index is 2.45. The summed E-state index contributed by atoms with van der Waals surface area (Å²) >= 11 is 1.54. The van der Waals surface area contributed by atoms with Crippen LogP contribution in [0.4, 0.5) is 0 Å². The molecule has 0 aromatic carbocycles. The van der Waals surface area contributed by atoms with Crippen LogP contribution in [0.5, 0.6) is 5.19 Å². The van der Waals surface area contributed by atoms with Crippen LogP contribution in [-0.2, 0) is 6.42 Å². The third-order valence-corrected chi connectivity index (χ3v) is 3.03. The zero-order chi connectivity index (χ0) is 10.6. The van der Waals surface area contributed by atoms with Gasteiger partial charge >= 0.3 is 0 Å². The maximum Gasteiger partial charge on any atom is 0.273 e. The summed E-state index contributed by atoms with van der Waals surface area (Å²) in [6.45, 7) is 6.65. The highest BCUT2D eigenvalue weighted by Gasteiger charge is 2.17. The van der Waals surface area contributed by atoms with E-state index in [9.17, 15) is 0 Å². The first kappa shape index (κ1) is 11.5. The van der Waals surface area contributed by atoms with Gasteiger partial charge < -0.3 is 10.5 Å². The van der Waals surface area contributed by atoms with Crippen LogP contribution in [-0.4, -0.2) is 17.1 Å². The minimum atomic E-state index is -0.252. The van der Waals surface area contributed by atoms with Crippen molar-refractivity contribution in [3.63, 3.8) is 0 Å². The lowest BCUT2D eigenvalue weighted by Gasteiger charge is -2.21. The van der Waals surface area contributed by atoms with Gasteiger partial charge in [0.1, 0.15) is 6.61 Å². The van der Waals surface area contributed by atoms with E-state index < -0.39 is 0 Å². The Morgan fingerprint density at radius 3 is 2.79 bits per heavy atom. The van der Waals surface area contributed by atoms with Crippen molar-refractivity contribution in [1.82, 2.24) is 4.98 Å². The molecule has 0 aliphatic heterocycles. The zero-order valence-corrected chi connectivity index (χ0v) is 9.86. The standard InChI is InChI=1S/C10H18N2OS/c1-4-8-6-14-9(12-8)13-7-10(3,11)5-2/h6H,4-5,7,11H2,1-3H3. The molecule has 2 N–H and O–H groups in total. The van der Waals surface area contributed by atoms with E-state index in [0.29, 0.717) is 6.61 Å². The van der Waals surface area contributed by atoms with Gasteiger partial charge in [-0.3, -0.25) is 0 Å².